The van der Waals surface area contributed by atoms with Crippen LogP contribution in [0, 0.1) is 0 Å². The third-order valence-corrected chi connectivity index (χ3v) is 4.15. The lowest BCUT2D eigenvalue weighted by Crippen LogP contribution is -2.38. The molecule has 0 aliphatic carbocycles. The number of morpholine rings is 1. The van der Waals surface area contributed by atoms with Gasteiger partial charge in [-0.2, -0.15) is 4.98 Å². The smallest absolute Gasteiger partial charge is 0.217 e. The van der Waals surface area contributed by atoms with Crippen LogP contribution in [0.3, 0.4) is 0 Å². The molecule has 1 fully saturated rings. The molecule has 1 aliphatic rings. The fourth-order valence-corrected chi connectivity index (χ4v) is 2.95. The lowest BCUT2D eigenvalue weighted by molar-refractivity contribution is 0.0320. The van der Waals surface area contributed by atoms with Crippen molar-refractivity contribution in [3.63, 3.8) is 0 Å². The van der Waals surface area contributed by atoms with E-state index in [0.717, 1.165) is 70.3 Å². The summed E-state index contributed by atoms with van der Waals surface area (Å²) in [4.78, 5) is 9.29. The van der Waals surface area contributed by atoms with Gasteiger partial charge in [-0.1, -0.05) is 13.8 Å². The Bertz CT molecular complexity index is 488. The number of rotatable bonds is 11. The van der Waals surface area contributed by atoms with Crippen molar-refractivity contribution in [1.82, 2.24) is 15.3 Å². The van der Waals surface area contributed by atoms with Crippen molar-refractivity contribution in [2.45, 2.75) is 26.7 Å². The molecule has 2 rings (SSSR count). The molecule has 1 aliphatic heterocycles. The van der Waals surface area contributed by atoms with Crippen molar-refractivity contribution < 1.29 is 9.47 Å². The minimum atomic E-state index is 0.636. The summed E-state index contributed by atoms with van der Waals surface area (Å²) < 4.78 is 11.3. The van der Waals surface area contributed by atoms with Gasteiger partial charge < -0.3 is 19.8 Å². The topological polar surface area (TPSA) is 61.9 Å². The van der Waals surface area contributed by atoms with E-state index in [9.17, 15) is 0 Å². The summed E-state index contributed by atoms with van der Waals surface area (Å²) in [5, 5.41) is 0. The van der Waals surface area contributed by atoms with Crippen molar-refractivity contribution in [3.8, 4) is 5.88 Å². The number of aromatic nitrogens is 1. The molecule has 0 amide bonds. The third kappa shape index (κ3) is 6.68. The standard InChI is InChI=1S/C18H33N5O2/c1-4-6-23(7-5-2)16-14-17(21-19-3)20-18(15-16)25-13-10-22-8-11-24-12-9-22/h14-15,19H,4-13H2,1-3H3,(H,20,21). The van der Waals surface area contributed by atoms with E-state index in [4.69, 9.17) is 9.47 Å². The molecule has 7 nitrogen and oxygen atoms in total. The number of nitrogens with one attached hydrogen (secondary N) is 2. The largest absolute Gasteiger partial charge is 0.476 e. The van der Waals surface area contributed by atoms with Crippen molar-refractivity contribution >= 4 is 11.5 Å². The molecule has 142 valence electrons. The van der Waals surface area contributed by atoms with E-state index in [0.29, 0.717) is 12.5 Å². The van der Waals surface area contributed by atoms with Crippen LogP contribution in [0.15, 0.2) is 12.1 Å². The van der Waals surface area contributed by atoms with Gasteiger partial charge in [0.2, 0.25) is 5.88 Å². The van der Waals surface area contributed by atoms with E-state index in [1.807, 2.05) is 13.1 Å². The Hall–Kier alpha value is -1.57. The number of hydrazine groups is 1. The first-order valence-electron chi connectivity index (χ1n) is 9.39. The maximum Gasteiger partial charge on any atom is 0.217 e. The molecule has 1 saturated heterocycles. The molecule has 0 atom stereocenters. The number of ether oxygens (including phenoxy) is 2. The van der Waals surface area contributed by atoms with E-state index in [-0.39, 0.29) is 0 Å². The summed E-state index contributed by atoms with van der Waals surface area (Å²) >= 11 is 0. The molecular weight excluding hydrogens is 318 g/mol. The average Bonchev–Trinajstić information content (AvgIpc) is 2.62. The van der Waals surface area contributed by atoms with Crippen LogP contribution in [0.1, 0.15) is 26.7 Å². The molecule has 7 heteroatoms. The first kappa shape index (κ1) is 19.8. The van der Waals surface area contributed by atoms with Crippen LogP contribution in [0.2, 0.25) is 0 Å². The number of hydrogen-bond acceptors (Lipinski definition) is 7. The van der Waals surface area contributed by atoms with E-state index in [2.05, 4.69) is 45.5 Å². The van der Waals surface area contributed by atoms with Crippen LogP contribution < -0.4 is 20.5 Å². The molecule has 0 bridgehead atoms. The van der Waals surface area contributed by atoms with Crippen LogP contribution in [0.4, 0.5) is 11.5 Å². The molecular formula is C18H33N5O2. The molecule has 0 radical (unpaired) electrons. The van der Waals surface area contributed by atoms with Gasteiger partial charge in [-0.25, -0.2) is 5.43 Å². The van der Waals surface area contributed by atoms with Crippen molar-refractivity contribution in [3.05, 3.63) is 12.1 Å². The number of hydrogen-bond donors (Lipinski definition) is 2. The summed E-state index contributed by atoms with van der Waals surface area (Å²) in [6.07, 6.45) is 2.23. The van der Waals surface area contributed by atoms with E-state index >= 15 is 0 Å². The van der Waals surface area contributed by atoms with E-state index in [1.165, 1.54) is 0 Å². The van der Waals surface area contributed by atoms with Gasteiger partial charge >= 0.3 is 0 Å². The third-order valence-electron chi connectivity index (χ3n) is 4.15. The highest BCUT2D eigenvalue weighted by atomic mass is 16.5. The van der Waals surface area contributed by atoms with Gasteiger partial charge in [0.1, 0.15) is 12.4 Å². The first-order chi connectivity index (χ1) is 12.3. The second-order valence-electron chi connectivity index (χ2n) is 6.21. The Morgan fingerprint density at radius 3 is 2.56 bits per heavy atom. The Kier molecular flexibility index (Phi) is 8.79. The predicted molar refractivity (Wildman–Crippen MR) is 102 cm³/mol. The number of pyridine rings is 1. The zero-order chi connectivity index (χ0) is 17.9. The Labute approximate surface area is 151 Å². The van der Waals surface area contributed by atoms with Gasteiger partial charge in [0.15, 0.2) is 0 Å². The van der Waals surface area contributed by atoms with Gasteiger partial charge in [-0.05, 0) is 12.8 Å². The fourth-order valence-electron chi connectivity index (χ4n) is 2.95. The van der Waals surface area contributed by atoms with Gasteiger partial charge in [-0.3, -0.25) is 4.90 Å². The molecule has 0 spiro atoms. The highest BCUT2D eigenvalue weighted by Crippen LogP contribution is 2.24. The molecule has 0 unspecified atom stereocenters. The minimum absolute atomic E-state index is 0.636. The van der Waals surface area contributed by atoms with Crippen molar-refractivity contribution in [2.75, 3.05) is 69.9 Å². The maximum atomic E-state index is 5.95. The van der Waals surface area contributed by atoms with Gasteiger partial charge in [0, 0.05) is 57.6 Å². The number of nitrogens with zero attached hydrogens (tertiary/aromatic N) is 3. The molecule has 1 aromatic rings. The van der Waals surface area contributed by atoms with Crippen LogP contribution >= 0.6 is 0 Å². The second-order valence-corrected chi connectivity index (χ2v) is 6.21. The summed E-state index contributed by atoms with van der Waals surface area (Å²) in [5.74, 6) is 1.44. The van der Waals surface area contributed by atoms with E-state index < -0.39 is 0 Å². The first-order valence-corrected chi connectivity index (χ1v) is 9.39. The van der Waals surface area contributed by atoms with Crippen LogP contribution in [-0.2, 0) is 4.74 Å². The van der Waals surface area contributed by atoms with Gasteiger partial charge in [0.25, 0.3) is 0 Å². The highest BCUT2D eigenvalue weighted by Gasteiger charge is 2.12. The molecule has 1 aromatic heterocycles. The zero-order valence-electron chi connectivity index (χ0n) is 15.9. The van der Waals surface area contributed by atoms with Crippen LogP contribution in [-0.4, -0.2) is 69.5 Å². The second kappa shape index (κ2) is 11.1. The summed E-state index contributed by atoms with van der Waals surface area (Å²) in [6.45, 7) is 11.6. The SMILES string of the molecule is CCCN(CCC)c1cc(NNC)nc(OCCN2CCOCC2)c1. The van der Waals surface area contributed by atoms with Crippen molar-refractivity contribution in [2.24, 2.45) is 0 Å². The normalized spacial score (nSPS) is 15.2. The average molecular weight is 351 g/mol. The number of anilines is 2. The Morgan fingerprint density at radius 2 is 1.92 bits per heavy atom. The van der Waals surface area contributed by atoms with E-state index in [1.54, 1.807) is 0 Å². The Balaban J connectivity index is 2.01. The Morgan fingerprint density at radius 1 is 1.20 bits per heavy atom. The summed E-state index contributed by atoms with van der Waals surface area (Å²) in [6, 6.07) is 4.11. The quantitative estimate of drug-likeness (QED) is 0.591. The monoisotopic (exact) mass is 351 g/mol. The fraction of sp³-hybridized carbons (Fsp3) is 0.722. The van der Waals surface area contributed by atoms with Gasteiger partial charge in [-0.15, -0.1) is 0 Å². The molecule has 0 saturated carbocycles. The molecule has 2 heterocycles. The minimum Gasteiger partial charge on any atom is -0.476 e. The maximum absolute atomic E-state index is 5.95. The highest BCUT2D eigenvalue weighted by molar-refractivity contribution is 5.56. The van der Waals surface area contributed by atoms with Crippen LogP contribution in [0.5, 0.6) is 5.88 Å². The van der Waals surface area contributed by atoms with Crippen LogP contribution in [0.25, 0.3) is 0 Å². The lowest BCUT2D eigenvalue weighted by Gasteiger charge is -2.27. The molecule has 25 heavy (non-hydrogen) atoms. The molecule has 0 aromatic carbocycles. The van der Waals surface area contributed by atoms with Crippen molar-refractivity contribution in [1.29, 1.82) is 0 Å². The molecule has 2 N–H and O–H groups in total. The van der Waals surface area contributed by atoms with Gasteiger partial charge in [0.05, 0.1) is 13.2 Å². The zero-order valence-corrected chi connectivity index (χ0v) is 15.9. The summed E-state index contributed by atoms with van der Waals surface area (Å²) in [5.41, 5.74) is 7.16. The lowest BCUT2D eigenvalue weighted by atomic mass is 10.3. The predicted octanol–water partition coefficient (Wildman–Crippen LogP) is 1.97. The summed E-state index contributed by atoms with van der Waals surface area (Å²) in [7, 11) is 1.84.